The van der Waals surface area contributed by atoms with E-state index in [1.54, 1.807) is 6.08 Å². The van der Waals surface area contributed by atoms with E-state index in [0.717, 1.165) is 40.5 Å². The van der Waals surface area contributed by atoms with E-state index in [2.05, 4.69) is 21.6 Å². The highest BCUT2D eigenvalue weighted by atomic mass is 35.5. The molecule has 1 aromatic carbocycles. The molecule has 0 spiro atoms. The molecule has 4 rings (SSSR count). The number of unbranched alkanes of at least 4 members (excludes halogenated alkanes) is 4. The monoisotopic (exact) mass is 481 g/mol. The van der Waals surface area contributed by atoms with E-state index in [1.165, 1.54) is 42.5 Å². The zero-order valence-electron chi connectivity index (χ0n) is 19.2. The lowest BCUT2D eigenvalue weighted by atomic mass is 10.1. The maximum atomic E-state index is 12.8. The summed E-state index contributed by atoms with van der Waals surface area (Å²) in [7, 11) is 0. The van der Waals surface area contributed by atoms with Gasteiger partial charge >= 0.3 is 0 Å². The molecule has 2 aliphatic rings. The van der Waals surface area contributed by atoms with Crippen LogP contribution < -0.4 is 0 Å². The van der Waals surface area contributed by atoms with Gasteiger partial charge in [0.2, 0.25) is 5.17 Å². The van der Waals surface area contributed by atoms with Gasteiger partial charge in [-0.3, -0.25) is 10.2 Å². The second kappa shape index (κ2) is 10.1. The van der Waals surface area contributed by atoms with Crippen LogP contribution in [-0.4, -0.2) is 31.5 Å². The first kappa shape index (κ1) is 23.5. The van der Waals surface area contributed by atoms with Crippen LogP contribution >= 0.6 is 23.4 Å². The Morgan fingerprint density at radius 1 is 1.15 bits per heavy atom. The number of fused-ring (bicyclic) bond motifs is 1. The Hall–Kier alpha value is -2.64. The smallest absolute Gasteiger partial charge is 0.283 e. The molecule has 0 radical (unpaired) electrons. The summed E-state index contributed by atoms with van der Waals surface area (Å²) in [4.78, 5) is 17.0. The van der Waals surface area contributed by atoms with Gasteiger partial charge in [-0.2, -0.15) is 15.1 Å². The number of benzene rings is 1. The number of hydrogen-bond donors (Lipinski definition) is 1. The van der Waals surface area contributed by atoms with Crippen LogP contribution in [-0.2, 0) is 4.79 Å². The minimum atomic E-state index is -0.402. The third-order valence-electron chi connectivity index (χ3n) is 5.85. The third-order valence-corrected chi connectivity index (χ3v) is 7.14. The Morgan fingerprint density at radius 3 is 2.67 bits per heavy atom. The van der Waals surface area contributed by atoms with Gasteiger partial charge in [-0.05, 0) is 68.3 Å². The standard InChI is InChI=1S/C25H28ClN5OS/c1-4-5-6-7-8-13-22-29-31-23(27)19(24(32)28-25(31)33-22)15-18-14-16(2)30(17(18)3)21-12-10-9-11-20(21)26/h9-12,14-15,27H,4-8,13H2,1-3H3/b19-15-,27-23?. The van der Waals surface area contributed by atoms with Gasteiger partial charge in [0.1, 0.15) is 5.04 Å². The molecule has 3 heterocycles. The van der Waals surface area contributed by atoms with E-state index in [9.17, 15) is 4.79 Å². The van der Waals surface area contributed by atoms with Crippen molar-refractivity contribution in [3.8, 4) is 5.69 Å². The lowest BCUT2D eigenvalue weighted by Gasteiger charge is -2.20. The quantitative estimate of drug-likeness (QED) is 0.335. The lowest BCUT2D eigenvalue weighted by Crippen LogP contribution is -2.35. The summed E-state index contributed by atoms with van der Waals surface area (Å²) >= 11 is 7.82. The largest absolute Gasteiger partial charge is 0.316 e. The average molecular weight is 482 g/mol. The molecule has 172 valence electrons. The maximum Gasteiger partial charge on any atom is 0.283 e. The van der Waals surface area contributed by atoms with Gasteiger partial charge in [0.25, 0.3) is 5.91 Å². The summed E-state index contributed by atoms with van der Waals surface area (Å²) < 4.78 is 2.06. The third kappa shape index (κ3) is 4.84. The molecular formula is C25H28ClN5OS. The number of amidine groups is 2. The van der Waals surface area contributed by atoms with Crippen molar-refractivity contribution in [2.75, 3.05) is 0 Å². The number of para-hydroxylation sites is 1. The van der Waals surface area contributed by atoms with Gasteiger partial charge < -0.3 is 4.57 Å². The Bertz CT molecular complexity index is 1190. The van der Waals surface area contributed by atoms with E-state index < -0.39 is 5.91 Å². The van der Waals surface area contributed by atoms with Crippen LogP contribution in [0.25, 0.3) is 11.8 Å². The molecule has 33 heavy (non-hydrogen) atoms. The van der Waals surface area contributed by atoms with Crippen LogP contribution in [0.3, 0.4) is 0 Å². The molecular weight excluding hydrogens is 454 g/mol. The van der Waals surface area contributed by atoms with Gasteiger partial charge in [-0.25, -0.2) is 0 Å². The number of carbonyl (C=O) groups is 1. The highest BCUT2D eigenvalue weighted by Crippen LogP contribution is 2.32. The fourth-order valence-corrected chi connectivity index (χ4v) is 5.25. The van der Waals surface area contributed by atoms with Crippen molar-refractivity contribution in [2.45, 2.75) is 59.3 Å². The minimum Gasteiger partial charge on any atom is -0.316 e. The first-order chi connectivity index (χ1) is 15.9. The number of hydrazone groups is 1. The van der Waals surface area contributed by atoms with E-state index in [4.69, 9.17) is 17.0 Å². The Balaban J connectivity index is 1.57. The van der Waals surface area contributed by atoms with Gasteiger partial charge in [0.05, 0.1) is 16.3 Å². The SMILES string of the molecule is CCCCCCCC1=NN2C(=N)/C(=C/c3cc(C)n(-c4ccccc4Cl)c3C)C(=O)N=C2S1. The molecule has 0 saturated carbocycles. The summed E-state index contributed by atoms with van der Waals surface area (Å²) in [6.07, 6.45) is 8.52. The molecule has 2 aromatic rings. The molecule has 1 amide bonds. The van der Waals surface area contributed by atoms with Crippen LogP contribution in [0.2, 0.25) is 5.02 Å². The normalized spacial score (nSPS) is 17.0. The van der Waals surface area contributed by atoms with Crippen LogP contribution in [0, 0.1) is 19.3 Å². The number of hydrogen-bond acceptors (Lipinski definition) is 4. The number of rotatable bonds is 8. The molecule has 0 atom stereocenters. The van der Waals surface area contributed by atoms with Crippen molar-refractivity contribution in [3.05, 3.63) is 57.9 Å². The molecule has 6 nitrogen and oxygen atoms in total. The molecule has 2 aliphatic heterocycles. The zero-order chi connectivity index (χ0) is 23.5. The maximum absolute atomic E-state index is 12.8. The first-order valence-electron chi connectivity index (χ1n) is 11.3. The highest BCUT2D eigenvalue weighted by Gasteiger charge is 2.35. The molecule has 0 unspecified atom stereocenters. The van der Waals surface area contributed by atoms with Crippen LogP contribution in [0.4, 0.5) is 0 Å². The van der Waals surface area contributed by atoms with Crippen molar-refractivity contribution < 1.29 is 4.79 Å². The Labute approximate surface area is 203 Å². The second-order valence-electron chi connectivity index (χ2n) is 8.29. The topological polar surface area (TPSA) is 73.8 Å². The number of aliphatic imine (C=N–C) groups is 1. The van der Waals surface area contributed by atoms with E-state index in [1.807, 2.05) is 44.2 Å². The van der Waals surface area contributed by atoms with E-state index >= 15 is 0 Å². The Kier molecular flexibility index (Phi) is 7.20. The molecule has 0 bridgehead atoms. The van der Waals surface area contributed by atoms with Gasteiger partial charge in [0.15, 0.2) is 5.84 Å². The molecule has 1 aromatic heterocycles. The molecule has 8 heteroatoms. The van der Waals surface area contributed by atoms with Crippen LogP contribution in [0.15, 0.2) is 46.0 Å². The molecule has 0 fully saturated rings. The summed E-state index contributed by atoms with van der Waals surface area (Å²) in [5.41, 5.74) is 3.91. The molecule has 0 aliphatic carbocycles. The minimum absolute atomic E-state index is 0.0704. The van der Waals surface area contributed by atoms with E-state index in [-0.39, 0.29) is 11.4 Å². The van der Waals surface area contributed by atoms with Crippen molar-refractivity contribution in [1.82, 2.24) is 9.58 Å². The van der Waals surface area contributed by atoms with Crippen molar-refractivity contribution in [2.24, 2.45) is 10.1 Å². The molecule has 1 N–H and O–H groups in total. The van der Waals surface area contributed by atoms with E-state index in [0.29, 0.717) is 10.2 Å². The van der Waals surface area contributed by atoms with Crippen molar-refractivity contribution >= 4 is 51.4 Å². The first-order valence-corrected chi connectivity index (χ1v) is 12.5. The number of halogens is 1. The lowest BCUT2D eigenvalue weighted by molar-refractivity contribution is -0.114. The van der Waals surface area contributed by atoms with Gasteiger partial charge in [0, 0.05) is 11.4 Å². The predicted molar refractivity (Wildman–Crippen MR) is 139 cm³/mol. The van der Waals surface area contributed by atoms with Gasteiger partial charge in [-0.1, -0.05) is 56.3 Å². The predicted octanol–water partition coefficient (Wildman–Crippen LogP) is 6.73. The number of nitrogens with one attached hydrogen (secondary N) is 1. The van der Waals surface area contributed by atoms with Crippen LogP contribution in [0.5, 0.6) is 0 Å². The number of nitrogens with zero attached hydrogens (tertiary/aromatic N) is 4. The second-order valence-corrected chi connectivity index (χ2v) is 9.74. The zero-order valence-corrected chi connectivity index (χ0v) is 20.8. The van der Waals surface area contributed by atoms with Gasteiger partial charge in [-0.15, -0.1) is 0 Å². The van der Waals surface area contributed by atoms with Crippen molar-refractivity contribution in [3.63, 3.8) is 0 Å². The summed E-state index contributed by atoms with van der Waals surface area (Å²) in [6, 6.07) is 9.65. The fourth-order valence-electron chi connectivity index (χ4n) is 4.11. The summed E-state index contributed by atoms with van der Waals surface area (Å²) in [5, 5.41) is 16.8. The fraction of sp³-hybridized carbons (Fsp3) is 0.360. The van der Waals surface area contributed by atoms with Crippen molar-refractivity contribution in [1.29, 1.82) is 5.41 Å². The number of aryl methyl sites for hydroxylation is 1. The number of aromatic nitrogens is 1. The molecule has 0 saturated heterocycles. The Morgan fingerprint density at radius 2 is 1.91 bits per heavy atom. The number of amides is 1. The number of carbonyl (C=O) groups excluding carboxylic acids is 1. The highest BCUT2D eigenvalue weighted by molar-refractivity contribution is 8.26. The summed E-state index contributed by atoms with van der Waals surface area (Å²) in [5.74, 6) is -0.332. The number of thioether (sulfide) groups is 1. The average Bonchev–Trinajstić information content (AvgIpc) is 3.31. The summed E-state index contributed by atoms with van der Waals surface area (Å²) in [6.45, 7) is 6.18. The van der Waals surface area contributed by atoms with Crippen LogP contribution in [0.1, 0.15) is 62.4 Å².